The number of anilines is 2. The van der Waals surface area contributed by atoms with Gasteiger partial charge in [0.2, 0.25) is 17.6 Å². The molecule has 0 saturated heterocycles. The highest BCUT2D eigenvalue weighted by Crippen LogP contribution is 2.39. The summed E-state index contributed by atoms with van der Waals surface area (Å²) in [7, 11) is 2.81. The summed E-state index contributed by atoms with van der Waals surface area (Å²) in [4.78, 5) is 42.7. The Morgan fingerprint density at radius 1 is 0.600 bits per heavy atom. The van der Waals surface area contributed by atoms with E-state index in [0.717, 1.165) is 21.3 Å². The molecule has 0 aliphatic carbocycles. The molecule has 33 heteroatoms. The van der Waals surface area contributed by atoms with Crippen molar-refractivity contribution >= 4 is 45.2 Å². The van der Waals surface area contributed by atoms with E-state index in [9.17, 15) is 85.3 Å². The third-order valence-corrected chi connectivity index (χ3v) is 7.91. The number of aliphatic hydroxyl groups is 2. The zero-order valence-electron chi connectivity index (χ0n) is 33.0. The molecule has 0 unspecified atom stereocenters. The molecule has 368 valence electrons. The van der Waals surface area contributed by atoms with E-state index in [-0.39, 0.29) is 4.47 Å². The molecule has 3 aromatic heterocycles. The van der Waals surface area contributed by atoms with Crippen molar-refractivity contribution in [3.63, 3.8) is 0 Å². The number of hydrogen-bond donors (Lipinski definition) is 8. The Balaban J connectivity index is 0.000000884. The first kappa shape index (κ1) is 59.2. The van der Waals surface area contributed by atoms with Crippen molar-refractivity contribution in [2.24, 2.45) is 5.73 Å². The third kappa shape index (κ3) is 16.6. The molecule has 3 aromatic rings. The molecule has 2 atom stereocenters. The van der Waals surface area contributed by atoms with Gasteiger partial charge in [-0.25, -0.2) is 24.5 Å². The summed E-state index contributed by atoms with van der Waals surface area (Å²) in [6.45, 7) is -1.01. The van der Waals surface area contributed by atoms with Crippen LogP contribution in [0, 0.1) is 0 Å². The number of ether oxygens (including phenoxy) is 3. The van der Waals surface area contributed by atoms with Crippen LogP contribution in [0.3, 0.4) is 0 Å². The number of aromatic nitrogens is 3. The molecule has 17 nitrogen and oxygen atoms in total. The maximum Gasteiger partial charge on any atom is 0.421 e. The molecular formula is C32H33BrF15N7O10. The van der Waals surface area contributed by atoms with Crippen LogP contribution in [-0.2, 0) is 18.5 Å². The number of methoxy groups -OCH3 is 3. The van der Waals surface area contributed by atoms with Crippen molar-refractivity contribution < 1.29 is 115 Å². The average Bonchev–Trinajstić information content (AvgIpc) is 3.15. The van der Waals surface area contributed by atoms with E-state index in [1.165, 1.54) is 0 Å². The lowest BCUT2D eigenvalue weighted by atomic mass is 10.1. The van der Waals surface area contributed by atoms with Crippen LogP contribution in [0.5, 0.6) is 17.6 Å². The smallest absolute Gasteiger partial charge is 0.421 e. The second-order valence-electron chi connectivity index (χ2n) is 12.4. The minimum absolute atomic E-state index is 0.256. The van der Waals surface area contributed by atoms with Crippen molar-refractivity contribution in [3.8, 4) is 17.6 Å². The van der Waals surface area contributed by atoms with Crippen LogP contribution >= 0.6 is 15.9 Å². The number of nitrogen functional groups attached to an aromatic ring is 2. The number of pyridine rings is 3. The Morgan fingerprint density at radius 2 is 0.908 bits per heavy atom. The third-order valence-electron chi connectivity index (χ3n) is 7.30. The van der Waals surface area contributed by atoms with Crippen LogP contribution < -0.4 is 36.7 Å². The molecule has 0 bridgehead atoms. The van der Waals surface area contributed by atoms with Crippen molar-refractivity contribution in [3.05, 3.63) is 56.4 Å². The quantitative estimate of drug-likeness (QED) is 0.115. The molecule has 0 fully saturated rings. The van der Waals surface area contributed by atoms with Gasteiger partial charge in [-0.1, -0.05) is 0 Å². The summed E-state index contributed by atoms with van der Waals surface area (Å²) in [5.74, 6) is -6.83. The Labute approximate surface area is 361 Å². The van der Waals surface area contributed by atoms with E-state index >= 15 is 0 Å². The number of nitrogens with two attached hydrogens (primary N) is 3. The number of amides is 1. The summed E-state index contributed by atoms with van der Waals surface area (Å²) in [5.41, 5.74) is 2.13. The van der Waals surface area contributed by atoms with Gasteiger partial charge in [0.25, 0.3) is 5.91 Å². The number of aromatic carboxylic acids is 2. The minimum atomic E-state index is -5.03. The molecule has 0 radical (unpaired) electrons. The van der Waals surface area contributed by atoms with Crippen LogP contribution in [0.2, 0.25) is 0 Å². The Hall–Kier alpha value is -5.83. The SMILES string of the molecule is COc1nc(C(=O)NC[C@](C)(O)C(F)(F)F)c(N)cc1C(F)(F)F.COc1nc(C(=O)O)c(Br)cc1C(F)(F)F.COc1nc(C(=O)O)c(N)cc1C(F)(F)F.C[C@](O)(CN)C(F)(F)F. The summed E-state index contributed by atoms with van der Waals surface area (Å²) < 4.78 is 198. The van der Waals surface area contributed by atoms with Crippen molar-refractivity contribution in [1.82, 2.24) is 20.3 Å². The standard InChI is InChI=1S/C12H13F6N3O3.C8H5BrF3NO3.C8H7F3N2O3.C4H8F3NO/c1-10(23,12(16,17)18)4-20-8(22)7-6(19)3-5(11(13,14)15)9(21-7)24-2;1-16-6-3(8(10,11)12)2-4(9)5(13-6)7(14)15;1-16-6-3(8(9,10)11)2-4(12)5(13-6)7(14)15;1-3(9,2-8)4(5,6)7/h3,23H,4,19H2,1-2H3,(H,20,22);2H,1H3,(H,14,15);2H,12H2,1H3,(H,14,15);9H,2,8H2,1H3/t10-;;;3-/m0..0/s1. The highest BCUT2D eigenvalue weighted by atomic mass is 79.9. The first-order valence-corrected chi connectivity index (χ1v) is 17.0. The Kier molecular flexibility index (Phi) is 19.9. The van der Waals surface area contributed by atoms with E-state index < -0.39 is 136 Å². The minimum Gasteiger partial charge on any atom is -0.481 e. The van der Waals surface area contributed by atoms with Gasteiger partial charge in [-0.3, -0.25) is 4.79 Å². The number of nitrogens with one attached hydrogen (secondary N) is 1. The number of rotatable bonds is 9. The zero-order valence-corrected chi connectivity index (χ0v) is 34.6. The number of nitrogens with zero attached hydrogens (tertiary/aromatic N) is 3. The molecule has 0 aliphatic rings. The number of alkyl halides is 15. The van der Waals surface area contributed by atoms with Gasteiger partial charge in [-0.2, -0.15) is 65.9 Å². The largest absolute Gasteiger partial charge is 0.481 e. The molecule has 3 rings (SSSR count). The van der Waals surface area contributed by atoms with Gasteiger partial charge in [0.15, 0.2) is 28.3 Å². The number of halogens is 16. The van der Waals surface area contributed by atoms with Gasteiger partial charge in [0.1, 0.15) is 16.7 Å². The van der Waals surface area contributed by atoms with Crippen molar-refractivity contribution in [1.29, 1.82) is 0 Å². The number of carbonyl (C=O) groups is 3. The second kappa shape index (κ2) is 21.9. The lowest BCUT2D eigenvalue weighted by molar-refractivity contribution is -0.249. The van der Waals surface area contributed by atoms with Gasteiger partial charge in [-0.15, -0.1) is 0 Å². The van der Waals surface area contributed by atoms with Crippen molar-refractivity contribution in [2.45, 2.75) is 55.9 Å². The number of carboxylic acid groups (broad SMARTS) is 2. The van der Waals surface area contributed by atoms with Crippen LogP contribution in [0.4, 0.5) is 77.2 Å². The fourth-order valence-corrected chi connectivity index (χ4v) is 4.11. The van der Waals surface area contributed by atoms with Crippen LogP contribution in [0.25, 0.3) is 0 Å². The van der Waals surface area contributed by atoms with E-state index in [1.807, 2.05) is 0 Å². The molecule has 0 aliphatic heterocycles. The molecule has 11 N–H and O–H groups in total. The van der Waals surface area contributed by atoms with Gasteiger partial charge < -0.3 is 57.2 Å². The van der Waals surface area contributed by atoms with Crippen LogP contribution in [0.1, 0.15) is 62.0 Å². The predicted molar refractivity (Wildman–Crippen MR) is 193 cm³/mol. The molecule has 0 saturated carbocycles. The molecular weight excluding hydrogens is 1010 g/mol. The van der Waals surface area contributed by atoms with E-state index in [1.54, 1.807) is 5.32 Å². The molecule has 0 spiro atoms. The highest BCUT2D eigenvalue weighted by molar-refractivity contribution is 9.10. The van der Waals surface area contributed by atoms with E-state index in [4.69, 9.17) is 26.8 Å². The zero-order chi connectivity index (χ0) is 51.6. The molecule has 1 amide bonds. The maximum atomic E-state index is 12.7. The average molecular weight is 1040 g/mol. The predicted octanol–water partition coefficient (Wildman–Crippen LogP) is 5.95. The molecule has 3 heterocycles. The van der Waals surface area contributed by atoms with Crippen LogP contribution in [0.15, 0.2) is 22.7 Å². The van der Waals surface area contributed by atoms with Gasteiger partial charge in [0.05, 0.1) is 43.7 Å². The second-order valence-corrected chi connectivity index (χ2v) is 13.2. The highest BCUT2D eigenvalue weighted by Gasteiger charge is 2.50. The fraction of sp³-hybridized carbons (Fsp3) is 0.438. The number of hydrogen-bond acceptors (Lipinski definition) is 14. The topological polar surface area (TPSA) is 289 Å². The first-order valence-electron chi connectivity index (χ1n) is 16.2. The molecule has 65 heavy (non-hydrogen) atoms. The summed E-state index contributed by atoms with van der Waals surface area (Å²) in [6, 6.07) is 1.48. The summed E-state index contributed by atoms with van der Waals surface area (Å²) in [5, 5.41) is 36.6. The van der Waals surface area contributed by atoms with Gasteiger partial charge in [-0.05, 0) is 48.0 Å². The van der Waals surface area contributed by atoms with Gasteiger partial charge in [0, 0.05) is 6.54 Å². The Morgan fingerprint density at radius 3 is 1.18 bits per heavy atom. The maximum absolute atomic E-state index is 12.7. The van der Waals surface area contributed by atoms with Crippen LogP contribution in [-0.4, -0.2) is 111 Å². The monoisotopic (exact) mass is 1040 g/mol. The Bertz CT molecular complexity index is 2070. The van der Waals surface area contributed by atoms with E-state index in [2.05, 4.69) is 50.8 Å². The lowest BCUT2D eigenvalue weighted by Crippen LogP contribution is -2.51. The normalized spacial score (nSPS) is 13.7. The number of carbonyl (C=O) groups excluding carboxylic acids is 1. The van der Waals surface area contributed by atoms with Crippen molar-refractivity contribution in [2.75, 3.05) is 45.9 Å². The van der Waals surface area contributed by atoms with E-state index in [0.29, 0.717) is 32.0 Å². The lowest BCUT2D eigenvalue weighted by Gasteiger charge is -2.26. The molecule has 0 aromatic carbocycles. The first-order chi connectivity index (χ1) is 29.1. The summed E-state index contributed by atoms with van der Waals surface area (Å²) >= 11 is 2.70. The van der Waals surface area contributed by atoms with Gasteiger partial charge >= 0.3 is 42.8 Å². The number of carboxylic acids is 2. The fourth-order valence-electron chi connectivity index (χ4n) is 3.63. The summed E-state index contributed by atoms with van der Waals surface area (Å²) in [6.07, 6.45) is -23.9.